The number of hydrogen-bond acceptors (Lipinski definition) is 8. The van der Waals surface area contributed by atoms with E-state index in [0.29, 0.717) is 18.4 Å². The van der Waals surface area contributed by atoms with E-state index in [1.54, 1.807) is 39.8 Å². The lowest BCUT2D eigenvalue weighted by molar-refractivity contribution is -0.162. The maximum Gasteiger partial charge on any atom is 0.308 e. The second-order valence-corrected chi connectivity index (χ2v) is 14.0. The highest BCUT2D eigenvalue weighted by Gasteiger charge is 2.42. The Morgan fingerprint density at radius 3 is 2.02 bits per heavy atom. The number of hydrogen-bond donors (Lipinski definition) is 3. The summed E-state index contributed by atoms with van der Waals surface area (Å²) < 4.78 is 5.65. The third-order valence-electron chi connectivity index (χ3n) is 9.01. The van der Waals surface area contributed by atoms with Gasteiger partial charge in [-0.3, -0.25) is 28.8 Å². The van der Waals surface area contributed by atoms with Crippen molar-refractivity contribution in [2.24, 2.45) is 17.8 Å². The average Bonchev–Trinajstić information content (AvgIpc) is 3.50. The van der Waals surface area contributed by atoms with E-state index in [4.69, 9.17) is 4.74 Å². The Bertz CT molecular complexity index is 1330. The molecule has 13 heteroatoms. The molecule has 5 atom stereocenters. The Morgan fingerprint density at radius 1 is 0.833 bits per heavy atom. The van der Waals surface area contributed by atoms with Crippen LogP contribution in [0.3, 0.4) is 0 Å². The summed E-state index contributed by atoms with van der Waals surface area (Å²) in [4.78, 5) is 86.6. The molecule has 266 valence electrons. The maximum atomic E-state index is 14.3. The lowest BCUT2D eigenvalue weighted by atomic mass is 9.96. The van der Waals surface area contributed by atoms with Gasteiger partial charge in [-0.05, 0) is 54.7 Å². The number of amides is 5. The lowest BCUT2D eigenvalue weighted by Gasteiger charge is -2.38. The van der Waals surface area contributed by atoms with Gasteiger partial charge in [-0.2, -0.15) is 0 Å². The van der Waals surface area contributed by atoms with Crippen LogP contribution in [0.1, 0.15) is 72.8 Å². The molecule has 2 saturated heterocycles. The van der Waals surface area contributed by atoms with Crippen molar-refractivity contribution in [3.8, 4) is 5.75 Å². The minimum absolute atomic E-state index is 0.000402. The highest BCUT2D eigenvalue weighted by atomic mass is 16.5. The number of aromatic hydroxyl groups is 1. The number of benzene rings is 1. The van der Waals surface area contributed by atoms with E-state index in [2.05, 4.69) is 10.6 Å². The van der Waals surface area contributed by atoms with Crippen LogP contribution in [-0.2, 0) is 39.9 Å². The van der Waals surface area contributed by atoms with Crippen molar-refractivity contribution >= 4 is 35.5 Å². The predicted octanol–water partition coefficient (Wildman–Crippen LogP) is 1.85. The number of fused-ring (bicyclic) bond motifs is 1. The number of phenolic OH excluding ortho intramolecular Hbond substituents is 1. The molecule has 3 N–H and O–H groups in total. The summed E-state index contributed by atoms with van der Waals surface area (Å²) in [6, 6.07) is 2.34. The minimum atomic E-state index is -1.13. The SMILES string of the molecule is CC(C)C[C@@H]1OC(=O)CCNC(=O)[C@H](C(C)C)N(C)C(=O)[C@H](C(C)C)N(C)C(=O)[C@H](Cc2ccc(O)cc2)NC(=O)[C@@H]2CCCN2C1=O. The number of phenols is 1. The maximum absolute atomic E-state index is 14.3. The summed E-state index contributed by atoms with van der Waals surface area (Å²) >= 11 is 0. The van der Waals surface area contributed by atoms with Crippen molar-refractivity contribution < 1.29 is 38.6 Å². The number of nitrogens with zero attached hydrogens (tertiary/aromatic N) is 3. The van der Waals surface area contributed by atoms with Crippen LogP contribution in [0.25, 0.3) is 0 Å². The van der Waals surface area contributed by atoms with Crippen molar-refractivity contribution in [1.29, 1.82) is 0 Å². The molecule has 0 saturated carbocycles. The summed E-state index contributed by atoms with van der Waals surface area (Å²) in [6.45, 7) is 11.2. The first-order chi connectivity index (χ1) is 22.5. The molecule has 2 fully saturated rings. The van der Waals surface area contributed by atoms with Gasteiger partial charge in [0.05, 0.1) is 6.42 Å². The standard InChI is InChI=1S/C35H53N5O8/c1-20(2)18-27-34(46)40-17-9-10-26(40)31(43)37-25(19-23-11-13-24(41)14-12-23)33(45)39(8)30(22(5)6)35(47)38(7)29(21(3)4)32(44)36-16-15-28(42)48-27/h11-14,20-22,25-27,29-30,41H,9-10,15-19H2,1-8H3,(H,36,44)(H,37,43)/t25-,26-,27-,29-,30-/m0/s1. The van der Waals surface area contributed by atoms with Gasteiger partial charge < -0.3 is 35.2 Å². The molecule has 0 aromatic heterocycles. The van der Waals surface area contributed by atoms with Gasteiger partial charge in [0.2, 0.25) is 23.6 Å². The van der Waals surface area contributed by atoms with Gasteiger partial charge in [-0.25, -0.2) is 0 Å². The molecular weight excluding hydrogens is 618 g/mol. The number of rotatable bonds is 6. The van der Waals surface area contributed by atoms with Gasteiger partial charge in [-0.1, -0.05) is 53.7 Å². The molecular formula is C35H53N5O8. The van der Waals surface area contributed by atoms with Gasteiger partial charge in [0.1, 0.15) is 29.9 Å². The zero-order valence-electron chi connectivity index (χ0n) is 29.5. The van der Waals surface area contributed by atoms with E-state index in [1.807, 2.05) is 13.8 Å². The van der Waals surface area contributed by atoms with Crippen LogP contribution in [0.15, 0.2) is 24.3 Å². The van der Waals surface area contributed by atoms with Crippen LogP contribution in [0, 0.1) is 17.8 Å². The molecule has 13 nitrogen and oxygen atoms in total. The van der Waals surface area contributed by atoms with E-state index >= 15 is 0 Å². The number of ether oxygens (including phenoxy) is 1. The fourth-order valence-electron chi connectivity index (χ4n) is 6.61. The Labute approximate surface area is 283 Å². The van der Waals surface area contributed by atoms with Crippen LogP contribution in [-0.4, -0.2) is 113 Å². The van der Waals surface area contributed by atoms with Crippen LogP contribution in [0.5, 0.6) is 5.75 Å². The smallest absolute Gasteiger partial charge is 0.308 e. The third-order valence-corrected chi connectivity index (χ3v) is 9.01. The summed E-state index contributed by atoms with van der Waals surface area (Å²) in [6.07, 6.45) is -0.116. The fourth-order valence-corrected chi connectivity index (χ4v) is 6.61. The summed E-state index contributed by atoms with van der Waals surface area (Å²) in [5.74, 6) is -3.75. The van der Waals surface area contributed by atoms with Crippen molar-refractivity contribution in [2.75, 3.05) is 27.2 Å². The second-order valence-electron chi connectivity index (χ2n) is 14.0. The topological polar surface area (TPSA) is 166 Å². The largest absolute Gasteiger partial charge is 0.508 e. The number of nitrogens with one attached hydrogen (secondary N) is 2. The molecule has 0 bridgehead atoms. The predicted molar refractivity (Wildman–Crippen MR) is 178 cm³/mol. The molecule has 48 heavy (non-hydrogen) atoms. The first-order valence-electron chi connectivity index (χ1n) is 16.9. The van der Waals surface area contributed by atoms with Crippen LogP contribution < -0.4 is 10.6 Å². The van der Waals surface area contributed by atoms with E-state index in [1.165, 1.54) is 40.9 Å². The Morgan fingerprint density at radius 2 is 1.44 bits per heavy atom. The van der Waals surface area contributed by atoms with Gasteiger partial charge in [-0.15, -0.1) is 0 Å². The van der Waals surface area contributed by atoms with Gasteiger partial charge in [0.25, 0.3) is 5.91 Å². The van der Waals surface area contributed by atoms with Crippen molar-refractivity contribution in [2.45, 2.75) is 104 Å². The zero-order chi connectivity index (χ0) is 35.9. The first kappa shape index (κ1) is 38.3. The van der Waals surface area contributed by atoms with Crippen molar-refractivity contribution in [1.82, 2.24) is 25.3 Å². The average molecular weight is 672 g/mol. The van der Waals surface area contributed by atoms with Crippen LogP contribution >= 0.6 is 0 Å². The minimum Gasteiger partial charge on any atom is -0.508 e. The highest BCUT2D eigenvalue weighted by Crippen LogP contribution is 2.24. The zero-order valence-corrected chi connectivity index (χ0v) is 29.5. The van der Waals surface area contributed by atoms with Crippen molar-refractivity contribution in [3.05, 3.63) is 29.8 Å². The molecule has 0 unspecified atom stereocenters. The summed E-state index contributed by atoms with van der Waals surface area (Å²) in [7, 11) is 3.02. The molecule has 1 aromatic carbocycles. The molecule has 2 aliphatic rings. The Hall–Kier alpha value is -4.16. The number of cyclic esters (lactones) is 1. The Kier molecular flexibility index (Phi) is 13.4. The van der Waals surface area contributed by atoms with Gasteiger partial charge in [0, 0.05) is 33.6 Å². The number of carbonyl (C=O) groups excluding carboxylic acids is 6. The third kappa shape index (κ3) is 9.47. The van der Waals surface area contributed by atoms with E-state index in [0.717, 1.165) is 0 Å². The number of likely N-dealkylation sites (N-methyl/N-ethyl adjacent to an activating group) is 2. The summed E-state index contributed by atoms with van der Waals surface area (Å²) in [5, 5.41) is 15.4. The normalized spacial score (nSPS) is 25.9. The lowest BCUT2D eigenvalue weighted by Crippen LogP contribution is -2.61. The molecule has 0 aliphatic carbocycles. The summed E-state index contributed by atoms with van der Waals surface area (Å²) in [5.41, 5.74) is 0.655. The molecule has 3 rings (SSSR count). The molecule has 0 spiro atoms. The monoisotopic (exact) mass is 671 g/mol. The highest BCUT2D eigenvalue weighted by molar-refractivity contribution is 5.96. The fraction of sp³-hybridized carbons (Fsp3) is 0.657. The van der Waals surface area contributed by atoms with E-state index < -0.39 is 65.8 Å². The van der Waals surface area contributed by atoms with Gasteiger partial charge in [0.15, 0.2) is 6.10 Å². The molecule has 2 heterocycles. The molecule has 2 aliphatic heterocycles. The quantitative estimate of drug-likeness (QED) is 0.386. The molecule has 1 aromatic rings. The van der Waals surface area contributed by atoms with E-state index in [9.17, 15) is 33.9 Å². The van der Waals surface area contributed by atoms with Crippen LogP contribution in [0.2, 0.25) is 0 Å². The first-order valence-corrected chi connectivity index (χ1v) is 16.9. The van der Waals surface area contributed by atoms with Crippen molar-refractivity contribution in [3.63, 3.8) is 0 Å². The van der Waals surface area contributed by atoms with Crippen LogP contribution in [0.4, 0.5) is 0 Å². The van der Waals surface area contributed by atoms with Gasteiger partial charge >= 0.3 is 5.97 Å². The molecule has 0 radical (unpaired) electrons. The van der Waals surface area contributed by atoms with E-state index in [-0.39, 0.29) is 55.9 Å². The Balaban J connectivity index is 2.09. The number of carbonyl (C=O) groups is 6. The second kappa shape index (κ2) is 16.8. The number of esters is 1. The molecule has 5 amide bonds.